The Labute approximate surface area is 132 Å². The molecule has 0 fully saturated rings. The van der Waals surface area contributed by atoms with Crippen LogP contribution < -0.4 is 34.0 Å². The van der Waals surface area contributed by atoms with Crippen LogP contribution in [-0.4, -0.2) is 0 Å². The third kappa shape index (κ3) is 3.32. The number of allylic oxidation sites excluding steroid dienone is 5. The van der Waals surface area contributed by atoms with E-state index in [0.29, 0.717) is 0 Å². The van der Waals surface area contributed by atoms with Gasteiger partial charge in [0.25, 0.3) is 0 Å². The van der Waals surface area contributed by atoms with Crippen molar-refractivity contribution >= 4 is 6.08 Å². The zero-order valence-electron chi connectivity index (χ0n) is 9.24. The maximum Gasteiger partial charge on any atom is -1.00 e. The molecule has 0 aliphatic heterocycles. The predicted octanol–water partition coefficient (Wildman–Crippen LogP) is -2.31. The van der Waals surface area contributed by atoms with E-state index in [1.165, 1.54) is 12.0 Å². The summed E-state index contributed by atoms with van der Waals surface area (Å²) in [6.45, 7) is 0. The molecule has 0 N–H and O–H groups in total. The van der Waals surface area contributed by atoms with Crippen LogP contribution in [0.2, 0.25) is 0 Å². The maximum atomic E-state index is 2.39. The van der Waals surface area contributed by atoms with Gasteiger partial charge in [0.1, 0.15) is 0 Å². The first-order valence-corrected chi connectivity index (χ1v) is 7.01. The second kappa shape index (κ2) is 6.89. The molecule has 86 valence electrons. The van der Waals surface area contributed by atoms with E-state index in [2.05, 4.69) is 54.6 Å². The average molecular weight is 388 g/mol. The normalized spacial score (nSPS) is 18.8. The van der Waals surface area contributed by atoms with Crippen LogP contribution in [0.4, 0.5) is 0 Å². The average Bonchev–Trinajstić information content (AvgIpc) is 2.89. The third-order valence-electron chi connectivity index (χ3n) is 2.91. The van der Waals surface area contributed by atoms with Crippen molar-refractivity contribution in [2.75, 3.05) is 0 Å². The Morgan fingerprint density at radius 1 is 1.12 bits per heavy atom. The van der Waals surface area contributed by atoms with Crippen LogP contribution in [0.5, 0.6) is 0 Å². The molecule has 3 rings (SSSR count). The van der Waals surface area contributed by atoms with Gasteiger partial charge in [-0.3, -0.25) is 0 Å². The molecule has 0 bridgehead atoms. The van der Waals surface area contributed by atoms with Crippen LogP contribution in [0.3, 0.4) is 0 Å². The molecule has 0 saturated carbocycles. The van der Waals surface area contributed by atoms with E-state index in [0.717, 1.165) is 4.22 Å². The zero-order chi connectivity index (χ0) is 10.1. The molecule has 1 atom stereocenters. The van der Waals surface area contributed by atoms with Crippen molar-refractivity contribution in [2.24, 2.45) is 0 Å². The molecule has 2 aliphatic carbocycles. The molecule has 0 saturated heterocycles. The van der Waals surface area contributed by atoms with Gasteiger partial charge in [0.2, 0.25) is 0 Å². The molecular formula is C14H12Br2Ti. The van der Waals surface area contributed by atoms with Gasteiger partial charge in [-0.05, 0) is 0 Å². The first-order chi connectivity index (χ1) is 7.43. The Morgan fingerprint density at radius 2 is 1.94 bits per heavy atom. The van der Waals surface area contributed by atoms with Crippen molar-refractivity contribution in [1.82, 2.24) is 0 Å². The summed E-state index contributed by atoms with van der Waals surface area (Å²) in [7, 11) is 0. The Kier molecular flexibility index (Phi) is 6.15. The summed E-state index contributed by atoms with van der Waals surface area (Å²) in [5, 5.41) is 0. The van der Waals surface area contributed by atoms with Crippen LogP contribution in [-0.2, 0) is 19.2 Å². The number of fused-ring (bicyclic) bond motifs is 1. The number of hydrogen-bond donors (Lipinski definition) is 0. The second-order valence-electron chi connectivity index (χ2n) is 3.93. The molecule has 1 aromatic rings. The van der Waals surface area contributed by atoms with Crippen molar-refractivity contribution in [3.63, 3.8) is 0 Å². The van der Waals surface area contributed by atoms with E-state index in [4.69, 9.17) is 0 Å². The maximum absolute atomic E-state index is 2.39. The van der Waals surface area contributed by atoms with E-state index in [1.54, 1.807) is 9.44 Å². The topological polar surface area (TPSA) is 0 Å². The number of halogens is 2. The molecule has 0 heterocycles. The summed E-state index contributed by atoms with van der Waals surface area (Å²) >= 11 is -0.00130. The van der Waals surface area contributed by atoms with Crippen LogP contribution >= 0.6 is 0 Å². The summed E-state index contributed by atoms with van der Waals surface area (Å²) in [4.78, 5) is 0. The summed E-state index contributed by atoms with van der Waals surface area (Å²) in [5.74, 6) is 0. The van der Waals surface area contributed by atoms with Gasteiger partial charge < -0.3 is 34.0 Å². The number of hydrogen-bond acceptors (Lipinski definition) is 0. The Hall–Kier alpha value is 0.114. The van der Waals surface area contributed by atoms with E-state index in [-0.39, 0.29) is 53.1 Å². The van der Waals surface area contributed by atoms with Gasteiger partial charge in [-0.15, -0.1) is 0 Å². The smallest absolute Gasteiger partial charge is 1.00 e. The van der Waals surface area contributed by atoms with E-state index < -0.39 is 0 Å². The van der Waals surface area contributed by atoms with Gasteiger partial charge in [0, 0.05) is 0 Å². The molecule has 17 heavy (non-hydrogen) atoms. The Bertz CT molecular complexity index is 475. The first-order valence-electron chi connectivity index (χ1n) is 5.33. The van der Waals surface area contributed by atoms with E-state index in [1.807, 2.05) is 0 Å². The number of benzene rings is 1. The summed E-state index contributed by atoms with van der Waals surface area (Å²) in [6.07, 6.45) is 12.7. The third-order valence-corrected chi connectivity index (χ3v) is 5.34. The monoisotopic (exact) mass is 386 g/mol. The fourth-order valence-electron chi connectivity index (χ4n) is 2.13. The first kappa shape index (κ1) is 15.2. The fourth-order valence-corrected chi connectivity index (χ4v) is 4.38. The zero-order valence-corrected chi connectivity index (χ0v) is 14.0. The van der Waals surface area contributed by atoms with Crippen LogP contribution in [0.15, 0.2) is 52.4 Å². The molecule has 0 nitrogen and oxygen atoms in total. The van der Waals surface area contributed by atoms with Gasteiger partial charge >= 0.3 is 99.4 Å². The van der Waals surface area contributed by atoms with Crippen molar-refractivity contribution in [3.8, 4) is 0 Å². The molecule has 1 unspecified atom stereocenters. The molecular weight excluding hydrogens is 376 g/mol. The van der Waals surface area contributed by atoms with Gasteiger partial charge in [-0.1, -0.05) is 0 Å². The molecule has 0 radical (unpaired) electrons. The van der Waals surface area contributed by atoms with Gasteiger partial charge in [-0.25, -0.2) is 0 Å². The quantitative estimate of drug-likeness (QED) is 0.500. The molecule has 0 spiro atoms. The molecule has 3 heteroatoms. The van der Waals surface area contributed by atoms with Gasteiger partial charge in [0.05, 0.1) is 0 Å². The minimum Gasteiger partial charge on any atom is -1.00 e. The predicted molar refractivity (Wildman–Crippen MR) is 60.1 cm³/mol. The van der Waals surface area contributed by atoms with Crippen molar-refractivity contribution in [2.45, 2.75) is 10.6 Å². The molecule has 0 aromatic heterocycles. The van der Waals surface area contributed by atoms with Crippen LogP contribution in [0, 0.1) is 0 Å². The summed E-state index contributed by atoms with van der Waals surface area (Å²) in [6, 6.07) is 8.79. The van der Waals surface area contributed by atoms with E-state index in [9.17, 15) is 0 Å². The van der Waals surface area contributed by atoms with Gasteiger partial charge in [-0.2, -0.15) is 0 Å². The molecule has 0 amide bonds. The Balaban J connectivity index is 0.000000722. The van der Waals surface area contributed by atoms with E-state index >= 15 is 0 Å². The summed E-state index contributed by atoms with van der Waals surface area (Å²) in [5.41, 5.74) is 2.98. The fraction of sp³-hybridized carbons (Fsp3) is 0.143. The molecule has 1 aromatic carbocycles. The Morgan fingerprint density at radius 3 is 2.71 bits per heavy atom. The van der Waals surface area contributed by atoms with Crippen molar-refractivity contribution in [1.29, 1.82) is 0 Å². The number of rotatable bonds is 2. The van der Waals surface area contributed by atoms with Crippen molar-refractivity contribution < 1.29 is 53.1 Å². The minimum absolute atomic E-state index is 0. The van der Waals surface area contributed by atoms with Crippen molar-refractivity contribution in [3.05, 3.63) is 63.6 Å². The second-order valence-corrected chi connectivity index (χ2v) is 6.36. The van der Waals surface area contributed by atoms with Crippen LogP contribution in [0.25, 0.3) is 6.08 Å². The van der Waals surface area contributed by atoms with Crippen LogP contribution in [0.1, 0.15) is 21.8 Å². The van der Waals surface area contributed by atoms with Gasteiger partial charge in [0.15, 0.2) is 0 Å². The summed E-state index contributed by atoms with van der Waals surface area (Å²) < 4.78 is 2.41. The SMILES string of the molecule is C1=CC[C]([Ti+2][CH]2C=Cc3ccccc32)=C1.[Br-].[Br-]. The minimum atomic E-state index is -0.00130. The molecule has 2 aliphatic rings. The standard InChI is InChI=1S/C9H7.C5H5.2BrH.Ti/c1-2-5-9-7-3-6-8(9)4-1;1-2-4-5-3-1;;;/h1-7H;1-3H,4H2;2*1H;/q;;;;+2/p-2. The largest absolute Gasteiger partial charge is 1.00 e.